The summed E-state index contributed by atoms with van der Waals surface area (Å²) >= 11 is 1.55. The Morgan fingerprint density at radius 1 is 1.29 bits per heavy atom. The van der Waals surface area contributed by atoms with Gasteiger partial charge in [-0.15, -0.1) is 11.8 Å². The number of hydrogen-bond acceptors (Lipinski definition) is 5. The molecule has 1 aliphatic heterocycles. The average molecular weight is 342 g/mol. The highest BCUT2D eigenvalue weighted by Gasteiger charge is 2.37. The van der Waals surface area contributed by atoms with Gasteiger partial charge in [0.2, 0.25) is 0 Å². The van der Waals surface area contributed by atoms with Crippen LogP contribution in [0.15, 0.2) is 42.0 Å². The van der Waals surface area contributed by atoms with E-state index >= 15 is 0 Å². The number of carbonyl (C=O) groups is 2. The highest BCUT2D eigenvalue weighted by molar-refractivity contribution is 7.99. The van der Waals surface area contributed by atoms with E-state index in [0.29, 0.717) is 29.2 Å². The number of rotatable bonds is 3. The summed E-state index contributed by atoms with van der Waals surface area (Å²) < 4.78 is 5.59. The second-order valence-electron chi connectivity index (χ2n) is 5.84. The van der Waals surface area contributed by atoms with Crippen LogP contribution in [-0.2, 0) is 9.53 Å². The molecule has 2 aliphatic rings. The van der Waals surface area contributed by atoms with Crippen LogP contribution >= 0.6 is 11.8 Å². The first-order chi connectivity index (χ1) is 11.7. The zero-order valence-corrected chi connectivity index (χ0v) is 14.0. The molecule has 1 aromatic rings. The van der Waals surface area contributed by atoms with Crippen LogP contribution < -0.4 is 0 Å². The Bertz CT molecular complexity index is 696. The van der Waals surface area contributed by atoms with E-state index in [1.807, 2.05) is 24.3 Å². The van der Waals surface area contributed by atoms with E-state index in [0.717, 1.165) is 12.8 Å². The first-order valence-electron chi connectivity index (χ1n) is 7.92. The molecule has 1 unspecified atom stereocenters. The highest BCUT2D eigenvalue weighted by Crippen LogP contribution is 2.26. The minimum Gasteiger partial charge on any atom is -0.460 e. The van der Waals surface area contributed by atoms with Crippen molar-refractivity contribution in [2.75, 3.05) is 11.6 Å². The van der Waals surface area contributed by atoms with Crippen LogP contribution in [0.1, 0.15) is 29.6 Å². The zero-order chi connectivity index (χ0) is 16.9. The summed E-state index contributed by atoms with van der Waals surface area (Å²) in [4.78, 5) is 26.7. The molecule has 1 saturated heterocycles. The average Bonchev–Trinajstić information content (AvgIpc) is 3.12. The van der Waals surface area contributed by atoms with E-state index in [2.05, 4.69) is 6.07 Å². The first kappa shape index (κ1) is 16.6. The SMILES string of the molecule is N#CC1=CCCC(OC(=O)[C@H]2CSCN2C(=O)c2ccccc2)C1. The molecule has 6 heteroatoms. The smallest absolute Gasteiger partial charge is 0.330 e. The summed E-state index contributed by atoms with van der Waals surface area (Å²) in [5, 5.41) is 8.98. The summed E-state index contributed by atoms with van der Waals surface area (Å²) in [6.45, 7) is 0. The van der Waals surface area contributed by atoms with Crippen molar-refractivity contribution < 1.29 is 14.3 Å². The number of nitriles is 1. The number of ether oxygens (including phenoxy) is 1. The number of allylic oxidation sites excluding steroid dienone is 1. The van der Waals surface area contributed by atoms with Crippen molar-refractivity contribution in [1.82, 2.24) is 4.90 Å². The van der Waals surface area contributed by atoms with E-state index in [1.165, 1.54) is 0 Å². The quantitative estimate of drug-likeness (QED) is 0.790. The van der Waals surface area contributed by atoms with Gasteiger partial charge in [0.15, 0.2) is 0 Å². The van der Waals surface area contributed by atoms with Gasteiger partial charge in [-0.25, -0.2) is 4.79 Å². The second-order valence-corrected chi connectivity index (χ2v) is 6.84. The first-order valence-corrected chi connectivity index (χ1v) is 9.08. The molecule has 1 aromatic carbocycles. The van der Waals surface area contributed by atoms with E-state index < -0.39 is 6.04 Å². The minimum absolute atomic E-state index is 0.149. The van der Waals surface area contributed by atoms with Crippen LogP contribution in [0.5, 0.6) is 0 Å². The molecule has 0 spiro atoms. The van der Waals surface area contributed by atoms with Crippen LogP contribution in [0.3, 0.4) is 0 Å². The molecule has 1 heterocycles. The van der Waals surface area contributed by atoms with Crippen LogP contribution in [0, 0.1) is 11.3 Å². The predicted octanol–water partition coefficient (Wildman–Crippen LogP) is 2.75. The molecule has 0 N–H and O–H groups in total. The Balaban J connectivity index is 1.65. The number of nitrogens with zero attached hydrogens (tertiary/aromatic N) is 2. The normalized spacial score (nSPS) is 23.3. The lowest BCUT2D eigenvalue weighted by atomic mass is 9.98. The van der Waals surface area contributed by atoms with E-state index in [4.69, 9.17) is 10.00 Å². The monoisotopic (exact) mass is 342 g/mol. The molecule has 0 radical (unpaired) electrons. The fraction of sp³-hybridized carbons (Fsp3) is 0.389. The molecule has 124 valence electrons. The van der Waals surface area contributed by atoms with Gasteiger partial charge in [-0.05, 0) is 25.0 Å². The van der Waals surface area contributed by atoms with Gasteiger partial charge in [-0.3, -0.25) is 4.79 Å². The summed E-state index contributed by atoms with van der Waals surface area (Å²) in [6, 6.07) is 10.5. The number of esters is 1. The van der Waals surface area contributed by atoms with Gasteiger partial charge in [-0.1, -0.05) is 24.3 Å². The van der Waals surface area contributed by atoms with Gasteiger partial charge in [-0.2, -0.15) is 5.26 Å². The Morgan fingerprint density at radius 3 is 2.83 bits per heavy atom. The molecule has 0 bridgehead atoms. The molecule has 0 saturated carbocycles. The number of benzene rings is 1. The van der Waals surface area contributed by atoms with Crippen LogP contribution in [-0.4, -0.2) is 40.6 Å². The number of carbonyl (C=O) groups excluding carboxylic acids is 2. The van der Waals surface area contributed by atoms with E-state index in [9.17, 15) is 9.59 Å². The largest absolute Gasteiger partial charge is 0.460 e. The maximum absolute atomic E-state index is 12.6. The van der Waals surface area contributed by atoms with Crippen molar-refractivity contribution in [2.45, 2.75) is 31.4 Å². The third-order valence-corrected chi connectivity index (χ3v) is 5.20. The Kier molecular flexibility index (Phi) is 5.21. The van der Waals surface area contributed by atoms with Gasteiger partial charge in [0.25, 0.3) is 5.91 Å². The lowest BCUT2D eigenvalue weighted by molar-refractivity contribution is -0.153. The van der Waals surface area contributed by atoms with E-state index in [-0.39, 0.29) is 18.0 Å². The Labute approximate surface area is 145 Å². The molecule has 3 rings (SSSR count). The molecule has 1 aliphatic carbocycles. The van der Waals surface area contributed by atoms with Gasteiger partial charge in [0.1, 0.15) is 12.1 Å². The van der Waals surface area contributed by atoms with Crippen LogP contribution in [0.4, 0.5) is 0 Å². The summed E-state index contributed by atoms with van der Waals surface area (Å²) in [6.07, 6.45) is 3.56. The number of thioether (sulfide) groups is 1. The second kappa shape index (κ2) is 7.54. The third-order valence-electron chi connectivity index (χ3n) is 4.19. The molecule has 1 fully saturated rings. The number of amides is 1. The zero-order valence-electron chi connectivity index (χ0n) is 13.2. The van der Waals surface area contributed by atoms with Gasteiger partial charge >= 0.3 is 5.97 Å². The number of hydrogen-bond donors (Lipinski definition) is 0. The Morgan fingerprint density at radius 2 is 2.08 bits per heavy atom. The van der Waals surface area contributed by atoms with Crippen molar-refractivity contribution in [3.05, 3.63) is 47.5 Å². The van der Waals surface area contributed by atoms with Gasteiger partial charge in [0.05, 0.1) is 11.9 Å². The van der Waals surface area contributed by atoms with Crippen molar-refractivity contribution in [3.63, 3.8) is 0 Å². The minimum atomic E-state index is -0.556. The standard InChI is InChI=1S/C18H18N2O3S/c19-10-13-5-4-8-15(9-13)23-18(22)16-11-24-12-20(16)17(21)14-6-2-1-3-7-14/h1-3,5-7,15-16H,4,8-9,11-12H2/t15?,16-/m1/s1. The molecular weight excluding hydrogens is 324 g/mol. The Hall–Kier alpha value is -2.26. The highest BCUT2D eigenvalue weighted by atomic mass is 32.2. The van der Waals surface area contributed by atoms with Crippen LogP contribution in [0.2, 0.25) is 0 Å². The summed E-state index contributed by atoms with van der Waals surface area (Å²) in [5.41, 5.74) is 1.24. The fourth-order valence-corrected chi connectivity index (χ4v) is 4.03. The van der Waals surface area contributed by atoms with Crippen molar-refractivity contribution in [3.8, 4) is 6.07 Å². The van der Waals surface area contributed by atoms with E-state index in [1.54, 1.807) is 28.8 Å². The molecule has 24 heavy (non-hydrogen) atoms. The molecule has 2 atom stereocenters. The summed E-state index contributed by atoms with van der Waals surface area (Å²) in [5.74, 6) is 0.518. The van der Waals surface area contributed by atoms with Gasteiger partial charge in [0, 0.05) is 23.3 Å². The van der Waals surface area contributed by atoms with Gasteiger partial charge < -0.3 is 9.64 Å². The van der Waals surface area contributed by atoms with Crippen molar-refractivity contribution >= 4 is 23.6 Å². The maximum Gasteiger partial charge on any atom is 0.330 e. The molecule has 1 amide bonds. The summed E-state index contributed by atoms with van der Waals surface area (Å²) in [7, 11) is 0. The molecular formula is C18H18N2O3S. The maximum atomic E-state index is 12.6. The topological polar surface area (TPSA) is 70.4 Å². The lowest BCUT2D eigenvalue weighted by Gasteiger charge is -2.26. The predicted molar refractivity (Wildman–Crippen MR) is 91.2 cm³/mol. The third kappa shape index (κ3) is 3.62. The molecule has 0 aromatic heterocycles. The van der Waals surface area contributed by atoms with Crippen molar-refractivity contribution in [1.29, 1.82) is 5.26 Å². The van der Waals surface area contributed by atoms with Crippen LogP contribution in [0.25, 0.3) is 0 Å². The van der Waals surface area contributed by atoms with Crippen molar-refractivity contribution in [2.24, 2.45) is 0 Å². The molecule has 5 nitrogen and oxygen atoms in total. The fourth-order valence-electron chi connectivity index (χ4n) is 2.89. The lowest BCUT2D eigenvalue weighted by Crippen LogP contribution is -2.44.